The third kappa shape index (κ3) is 2.37. The van der Waals surface area contributed by atoms with E-state index in [2.05, 4.69) is 6.07 Å². The number of hydrogen-bond acceptors (Lipinski definition) is 2. The lowest BCUT2D eigenvalue weighted by Gasteiger charge is -2.21. The highest BCUT2D eigenvalue weighted by molar-refractivity contribution is 6.05. The molecule has 0 bridgehead atoms. The van der Waals surface area contributed by atoms with Crippen molar-refractivity contribution in [1.82, 2.24) is 0 Å². The van der Waals surface area contributed by atoms with Gasteiger partial charge in [-0.3, -0.25) is 9.63 Å². The van der Waals surface area contributed by atoms with E-state index in [0.29, 0.717) is 12.2 Å². The number of para-hydroxylation sites is 1. The number of fused-ring (bicyclic) bond motifs is 1. The van der Waals surface area contributed by atoms with Crippen LogP contribution in [0.3, 0.4) is 0 Å². The molecule has 1 aliphatic heterocycles. The minimum atomic E-state index is -0.116. The molecular weight excluding hydrogens is 238 g/mol. The van der Waals surface area contributed by atoms with Gasteiger partial charge in [-0.25, -0.2) is 0 Å². The van der Waals surface area contributed by atoms with Gasteiger partial charge in [0, 0.05) is 5.56 Å². The zero-order valence-electron chi connectivity index (χ0n) is 10.6. The van der Waals surface area contributed by atoms with E-state index in [1.54, 1.807) is 12.1 Å². The predicted octanol–water partition coefficient (Wildman–Crippen LogP) is 3.21. The SMILES string of the molecule is O=C(c1ccccc1)N1OCCCc2ccccc21. The first-order valence-electron chi connectivity index (χ1n) is 6.46. The van der Waals surface area contributed by atoms with Crippen LogP contribution in [-0.4, -0.2) is 12.5 Å². The van der Waals surface area contributed by atoms with E-state index >= 15 is 0 Å². The highest BCUT2D eigenvalue weighted by atomic mass is 16.7. The minimum Gasteiger partial charge on any atom is -0.266 e. The highest BCUT2D eigenvalue weighted by Crippen LogP contribution is 2.26. The Morgan fingerprint density at radius 1 is 1.00 bits per heavy atom. The number of hydrogen-bond donors (Lipinski definition) is 0. The summed E-state index contributed by atoms with van der Waals surface area (Å²) < 4.78 is 0. The molecule has 0 N–H and O–H groups in total. The lowest BCUT2D eigenvalue weighted by atomic mass is 10.1. The Bertz CT molecular complexity index is 580. The van der Waals surface area contributed by atoms with Crippen LogP contribution in [0, 0.1) is 0 Å². The van der Waals surface area contributed by atoms with Crippen molar-refractivity contribution in [2.45, 2.75) is 12.8 Å². The number of carbonyl (C=O) groups is 1. The molecule has 3 nitrogen and oxygen atoms in total. The molecule has 1 heterocycles. The Labute approximate surface area is 112 Å². The molecule has 3 rings (SSSR count). The first-order valence-corrected chi connectivity index (χ1v) is 6.46. The lowest BCUT2D eigenvalue weighted by molar-refractivity contribution is 0.0658. The van der Waals surface area contributed by atoms with Crippen molar-refractivity contribution in [3.05, 3.63) is 65.7 Å². The van der Waals surface area contributed by atoms with E-state index in [0.717, 1.165) is 24.1 Å². The van der Waals surface area contributed by atoms with E-state index in [9.17, 15) is 4.79 Å². The first kappa shape index (κ1) is 11.9. The number of hydroxylamine groups is 1. The number of aryl methyl sites for hydroxylation is 1. The second-order valence-electron chi connectivity index (χ2n) is 4.53. The van der Waals surface area contributed by atoms with E-state index in [1.165, 1.54) is 5.06 Å². The summed E-state index contributed by atoms with van der Waals surface area (Å²) in [7, 11) is 0. The Morgan fingerprint density at radius 3 is 2.58 bits per heavy atom. The average molecular weight is 253 g/mol. The van der Waals surface area contributed by atoms with E-state index in [4.69, 9.17) is 4.84 Å². The second-order valence-corrected chi connectivity index (χ2v) is 4.53. The molecule has 0 unspecified atom stereocenters. The van der Waals surface area contributed by atoms with Gasteiger partial charge < -0.3 is 0 Å². The van der Waals surface area contributed by atoms with Crippen LogP contribution in [0.1, 0.15) is 22.3 Å². The van der Waals surface area contributed by atoms with Gasteiger partial charge in [-0.15, -0.1) is 0 Å². The van der Waals surface area contributed by atoms with E-state index in [1.807, 2.05) is 36.4 Å². The van der Waals surface area contributed by atoms with Crippen LogP contribution in [0.15, 0.2) is 54.6 Å². The van der Waals surface area contributed by atoms with E-state index in [-0.39, 0.29) is 5.91 Å². The molecule has 1 amide bonds. The van der Waals surface area contributed by atoms with Gasteiger partial charge in [0.15, 0.2) is 0 Å². The van der Waals surface area contributed by atoms with Crippen molar-refractivity contribution in [1.29, 1.82) is 0 Å². The van der Waals surface area contributed by atoms with Gasteiger partial charge in [-0.05, 0) is 36.6 Å². The Balaban J connectivity index is 1.99. The molecule has 0 atom stereocenters. The van der Waals surface area contributed by atoms with Crippen LogP contribution < -0.4 is 5.06 Å². The number of nitrogens with zero attached hydrogens (tertiary/aromatic N) is 1. The van der Waals surface area contributed by atoms with Gasteiger partial charge >= 0.3 is 0 Å². The van der Waals surface area contributed by atoms with Crippen molar-refractivity contribution in [3.8, 4) is 0 Å². The molecule has 0 fully saturated rings. The molecule has 0 spiro atoms. The molecule has 96 valence electrons. The number of benzene rings is 2. The molecule has 0 radical (unpaired) electrons. The molecule has 2 aromatic carbocycles. The summed E-state index contributed by atoms with van der Waals surface area (Å²) in [4.78, 5) is 18.1. The molecule has 3 heteroatoms. The van der Waals surface area contributed by atoms with Gasteiger partial charge in [-0.1, -0.05) is 36.4 Å². The number of rotatable bonds is 1. The monoisotopic (exact) mass is 253 g/mol. The molecule has 0 aliphatic carbocycles. The fourth-order valence-electron chi connectivity index (χ4n) is 2.27. The van der Waals surface area contributed by atoms with E-state index < -0.39 is 0 Å². The summed E-state index contributed by atoms with van der Waals surface area (Å²) in [5.41, 5.74) is 2.65. The summed E-state index contributed by atoms with van der Waals surface area (Å²) in [5, 5.41) is 1.43. The third-order valence-corrected chi connectivity index (χ3v) is 3.23. The molecular formula is C16H15NO2. The largest absolute Gasteiger partial charge is 0.282 e. The average Bonchev–Trinajstić information content (AvgIpc) is 2.70. The topological polar surface area (TPSA) is 29.5 Å². The summed E-state index contributed by atoms with van der Waals surface area (Å²) in [6, 6.07) is 17.1. The van der Waals surface area contributed by atoms with Crippen molar-refractivity contribution in [2.75, 3.05) is 11.7 Å². The van der Waals surface area contributed by atoms with Crippen LogP contribution in [0.2, 0.25) is 0 Å². The summed E-state index contributed by atoms with van der Waals surface area (Å²) >= 11 is 0. The van der Waals surface area contributed by atoms with Gasteiger partial charge in [0.1, 0.15) is 0 Å². The number of amides is 1. The summed E-state index contributed by atoms with van der Waals surface area (Å²) in [6.07, 6.45) is 1.87. The van der Waals surface area contributed by atoms with Gasteiger partial charge in [0.05, 0.1) is 12.3 Å². The standard InChI is InChI=1S/C16H15NO2/c18-16(14-8-2-1-3-9-14)17-15-11-5-4-7-13(15)10-6-12-19-17/h1-5,7-9,11H,6,10,12H2. The van der Waals surface area contributed by atoms with Crippen molar-refractivity contribution in [2.24, 2.45) is 0 Å². The fraction of sp³-hybridized carbons (Fsp3) is 0.188. The fourth-order valence-corrected chi connectivity index (χ4v) is 2.27. The van der Waals surface area contributed by atoms with Crippen molar-refractivity contribution < 1.29 is 9.63 Å². The maximum atomic E-state index is 12.5. The van der Waals surface area contributed by atoms with Crippen LogP contribution in [0.4, 0.5) is 5.69 Å². The summed E-state index contributed by atoms with van der Waals surface area (Å²) in [5.74, 6) is -0.116. The van der Waals surface area contributed by atoms with Crippen molar-refractivity contribution in [3.63, 3.8) is 0 Å². The van der Waals surface area contributed by atoms with Gasteiger partial charge in [-0.2, -0.15) is 5.06 Å². The van der Waals surface area contributed by atoms with Gasteiger partial charge in [0.25, 0.3) is 5.91 Å². The quantitative estimate of drug-likeness (QED) is 0.781. The number of carbonyl (C=O) groups excluding carboxylic acids is 1. The Kier molecular flexibility index (Phi) is 3.29. The Morgan fingerprint density at radius 2 is 1.74 bits per heavy atom. The van der Waals surface area contributed by atoms with Crippen LogP contribution in [0.25, 0.3) is 0 Å². The zero-order valence-corrected chi connectivity index (χ0v) is 10.6. The lowest BCUT2D eigenvalue weighted by Crippen LogP contribution is -2.31. The van der Waals surface area contributed by atoms with Crippen LogP contribution in [-0.2, 0) is 11.3 Å². The minimum absolute atomic E-state index is 0.116. The maximum Gasteiger partial charge on any atom is 0.282 e. The molecule has 2 aromatic rings. The zero-order chi connectivity index (χ0) is 13.1. The predicted molar refractivity (Wildman–Crippen MR) is 74.0 cm³/mol. The highest BCUT2D eigenvalue weighted by Gasteiger charge is 2.23. The van der Waals surface area contributed by atoms with Crippen LogP contribution >= 0.6 is 0 Å². The molecule has 0 aromatic heterocycles. The smallest absolute Gasteiger partial charge is 0.266 e. The van der Waals surface area contributed by atoms with Crippen LogP contribution in [0.5, 0.6) is 0 Å². The van der Waals surface area contributed by atoms with Gasteiger partial charge in [0.2, 0.25) is 0 Å². The Hall–Kier alpha value is -2.13. The summed E-state index contributed by atoms with van der Waals surface area (Å²) in [6.45, 7) is 0.563. The second kappa shape index (κ2) is 5.24. The normalized spacial score (nSPS) is 14.6. The molecule has 1 aliphatic rings. The first-order chi connectivity index (χ1) is 9.36. The third-order valence-electron chi connectivity index (χ3n) is 3.23. The maximum absolute atomic E-state index is 12.5. The molecule has 19 heavy (non-hydrogen) atoms. The molecule has 0 saturated carbocycles. The molecule has 0 saturated heterocycles. The van der Waals surface area contributed by atoms with Crippen molar-refractivity contribution >= 4 is 11.6 Å². The number of anilines is 1.